The average molecular weight is 311 g/mol. The Hall–Kier alpha value is -1.90. The largest absolute Gasteiger partial charge is 0.497 e. The minimum Gasteiger partial charge on any atom is -0.497 e. The van der Waals surface area contributed by atoms with Crippen LogP contribution in [0.3, 0.4) is 0 Å². The molecular weight excluding hydrogens is 294 g/mol. The monoisotopic (exact) mass is 311 g/mol. The topological polar surface area (TPSA) is 104 Å². The van der Waals surface area contributed by atoms with Gasteiger partial charge in [0.05, 0.1) is 19.4 Å². The Morgan fingerprint density at radius 1 is 1.43 bits per heavy atom. The van der Waals surface area contributed by atoms with Crippen molar-refractivity contribution in [2.45, 2.75) is 25.0 Å². The van der Waals surface area contributed by atoms with E-state index in [1.807, 2.05) is 0 Å². The van der Waals surface area contributed by atoms with Gasteiger partial charge < -0.3 is 9.84 Å². The summed E-state index contributed by atoms with van der Waals surface area (Å²) in [4.78, 5) is -0.00658. The third-order valence-electron chi connectivity index (χ3n) is 2.98. The number of nitrogens with zero attached hydrogens (tertiary/aromatic N) is 1. The highest BCUT2D eigenvalue weighted by Gasteiger charge is 2.23. The number of methoxy groups -OCH3 is 1. The minimum atomic E-state index is -3.75. The summed E-state index contributed by atoms with van der Waals surface area (Å²) in [5, 5.41) is 15.5. The van der Waals surface area contributed by atoms with Gasteiger partial charge in [-0.05, 0) is 24.6 Å². The highest BCUT2D eigenvalue weighted by Crippen LogP contribution is 2.18. The van der Waals surface area contributed by atoms with Gasteiger partial charge in [0, 0.05) is 6.54 Å². The number of rotatable bonds is 6. The zero-order valence-electron chi connectivity index (χ0n) is 11.8. The lowest BCUT2D eigenvalue weighted by molar-refractivity contribution is 0.273. The summed E-state index contributed by atoms with van der Waals surface area (Å²) in [6.45, 7) is 1.26. The van der Waals surface area contributed by atoms with E-state index < -0.39 is 16.6 Å². The van der Waals surface area contributed by atoms with E-state index in [0.29, 0.717) is 11.4 Å². The van der Waals surface area contributed by atoms with Crippen molar-refractivity contribution in [3.63, 3.8) is 0 Å². The van der Waals surface area contributed by atoms with Crippen LogP contribution in [0, 0.1) is 6.92 Å². The van der Waals surface area contributed by atoms with Crippen molar-refractivity contribution in [3.8, 4) is 5.75 Å². The number of hydrogen-bond donors (Lipinski definition) is 3. The Balaban J connectivity index is 2.19. The van der Waals surface area contributed by atoms with Crippen LogP contribution in [0.4, 0.5) is 0 Å². The molecule has 1 aromatic carbocycles. The predicted octanol–water partition coefficient (Wildman–Crippen LogP) is 0.698. The zero-order chi connectivity index (χ0) is 15.5. The van der Waals surface area contributed by atoms with Crippen molar-refractivity contribution in [1.82, 2.24) is 14.9 Å². The van der Waals surface area contributed by atoms with E-state index in [-0.39, 0.29) is 17.1 Å². The molecule has 2 aromatic rings. The second kappa shape index (κ2) is 6.25. The number of aliphatic hydroxyl groups is 1. The quantitative estimate of drug-likeness (QED) is 0.728. The maximum absolute atomic E-state index is 12.3. The third kappa shape index (κ3) is 3.41. The third-order valence-corrected chi connectivity index (χ3v) is 4.58. The lowest BCUT2D eigenvalue weighted by Gasteiger charge is -2.08. The molecule has 114 valence electrons. The zero-order valence-corrected chi connectivity index (χ0v) is 12.6. The first-order valence-electron chi connectivity index (χ1n) is 6.25. The molecule has 0 aliphatic rings. The summed E-state index contributed by atoms with van der Waals surface area (Å²) in [7, 11) is -2.21. The maximum atomic E-state index is 12.3. The Morgan fingerprint density at radius 3 is 2.86 bits per heavy atom. The van der Waals surface area contributed by atoms with Gasteiger partial charge in [-0.15, -0.1) is 0 Å². The van der Waals surface area contributed by atoms with E-state index in [4.69, 9.17) is 9.84 Å². The summed E-state index contributed by atoms with van der Waals surface area (Å²) in [5.74, 6) is 0.655. The molecule has 8 heteroatoms. The molecule has 1 aromatic heterocycles. The number of ether oxygens (including phenoxy) is 1. The molecule has 1 heterocycles. The molecule has 2 rings (SSSR count). The number of aliphatic hydroxyl groups excluding tert-OH is 1. The smallest absolute Gasteiger partial charge is 0.244 e. The summed E-state index contributed by atoms with van der Waals surface area (Å²) >= 11 is 0. The number of nitrogens with one attached hydrogen (secondary N) is 2. The molecule has 0 saturated heterocycles. The molecule has 0 aliphatic heterocycles. The summed E-state index contributed by atoms with van der Waals surface area (Å²) < 4.78 is 32.2. The molecule has 0 unspecified atom stereocenters. The van der Waals surface area contributed by atoms with Gasteiger partial charge in [-0.1, -0.05) is 12.1 Å². The van der Waals surface area contributed by atoms with E-state index in [1.54, 1.807) is 38.3 Å². The molecule has 0 atom stereocenters. The number of sulfonamides is 1. The molecule has 3 N–H and O–H groups in total. The van der Waals surface area contributed by atoms with Crippen molar-refractivity contribution in [2.24, 2.45) is 0 Å². The average Bonchev–Trinajstić information content (AvgIpc) is 2.87. The molecule has 0 fully saturated rings. The van der Waals surface area contributed by atoms with Crippen LogP contribution in [0.5, 0.6) is 5.75 Å². The molecule has 0 spiro atoms. The summed E-state index contributed by atoms with van der Waals surface area (Å²) in [6.07, 6.45) is 0. The Labute approximate surface area is 123 Å². The standard InChI is InChI=1S/C13H17N3O4S/c1-9-13(12(8-17)16-15-9)21(18,19)14-7-10-4-3-5-11(6-10)20-2/h3-6,14,17H,7-8H2,1-2H3,(H,15,16). The van der Waals surface area contributed by atoms with Gasteiger partial charge in [-0.3, -0.25) is 5.10 Å². The Kier molecular flexibility index (Phi) is 4.61. The number of aromatic nitrogens is 2. The fourth-order valence-corrected chi connectivity index (χ4v) is 3.34. The van der Waals surface area contributed by atoms with E-state index >= 15 is 0 Å². The first-order valence-corrected chi connectivity index (χ1v) is 7.73. The molecule has 0 saturated carbocycles. The molecule has 0 bridgehead atoms. The predicted molar refractivity (Wildman–Crippen MR) is 76.3 cm³/mol. The lowest BCUT2D eigenvalue weighted by atomic mass is 10.2. The van der Waals surface area contributed by atoms with Crippen LogP contribution >= 0.6 is 0 Å². The number of aromatic amines is 1. The van der Waals surface area contributed by atoms with Gasteiger partial charge >= 0.3 is 0 Å². The van der Waals surface area contributed by atoms with Crippen LogP contribution in [0.25, 0.3) is 0 Å². The number of aryl methyl sites for hydroxylation is 1. The molecule has 0 radical (unpaired) electrons. The molecule has 21 heavy (non-hydrogen) atoms. The van der Waals surface area contributed by atoms with Gasteiger partial charge in [0.1, 0.15) is 16.3 Å². The van der Waals surface area contributed by atoms with Crippen LogP contribution in [0.1, 0.15) is 17.0 Å². The van der Waals surface area contributed by atoms with Crippen LogP contribution in [-0.4, -0.2) is 30.8 Å². The molecule has 0 aliphatic carbocycles. The molecule has 7 nitrogen and oxygen atoms in total. The minimum absolute atomic E-state index is 0.00658. The number of hydrogen-bond acceptors (Lipinski definition) is 5. The van der Waals surface area contributed by atoms with E-state index in [1.165, 1.54) is 0 Å². The van der Waals surface area contributed by atoms with Crippen LogP contribution in [0.15, 0.2) is 29.2 Å². The molecule has 0 amide bonds. The second-order valence-electron chi connectivity index (χ2n) is 4.46. The maximum Gasteiger partial charge on any atom is 0.244 e. The molecular formula is C13H17N3O4S. The summed E-state index contributed by atoms with van der Waals surface area (Å²) in [5.41, 5.74) is 1.26. The first kappa shape index (κ1) is 15.5. The van der Waals surface area contributed by atoms with Crippen molar-refractivity contribution in [1.29, 1.82) is 0 Å². The van der Waals surface area contributed by atoms with E-state index in [2.05, 4.69) is 14.9 Å². The van der Waals surface area contributed by atoms with Gasteiger partial charge in [-0.2, -0.15) is 5.10 Å². The number of H-pyrrole nitrogens is 1. The Morgan fingerprint density at radius 2 is 2.19 bits per heavy atom. The van der Waals surface area contributed by atoms with Gasteiger partial charge in [0.15, 0.2) is 0 Å². The van der Waals surface area contributed by atoms with Gasteiger partial charge in [0.25, 0.3) is 0 Å². The van der Waals surface area contributed by atoms with E-state index in [9.17, 15) is 8.42 Å². The number of benzene rings is 1. The van der Waals surface area contributed by atoms with Crippen molar-refractivity contribution < 1.29 is 18.3 Å². The van der Waals surface area contributed by atoms with Gasteiger partial charge in [-0.25, -0.2) is 13.1 Å². The van der Waals surface area contributed by atoms with Crippen LogP contribution in [-0.2, 0) is 23.2 Å². The lowest BCUT2D eigenvalue weighted by Crippen LogP contribution is -2.24. The van der Waals surface area contributed by atoms with Crippen LogP contribution < -0.4 is 9.46 Å². The van der Waals surface area contributed by atoms with Crippen molar-refractivity contribution in [3.05, 3.63) is 41.2 Å². The highest BCUT2D eigenvalue weighted by atomic mass is 32.2. The fourth-order valence-electron chi connectivity index (χ4n) is 1.97. The second-order valence-corrected chi connectivity index (χ2v) is 6.16. The normalized spacial score (nSPS) is 11.6. The highest BCUT2D eigenvalue weighted by molar-refractivity contribution is 7.89. The fraction of sp³-hybridized carbons (Fsp3) is 0.308. The SMILES string of the molecule is COc1cccc(CNS(=O)(=O)c2c(CO)n[nH]c2C)c1. The Bertz CT molecular complexity index is 725. The summed E-state index contributed by atoms with van der Waals surface area (Å²) in [6, 6.07) is 7.10. The van der Waals surface area contributed by atoms with Crippen molar-refractivity contribution >= 4 is 10.0 Å². The van der Waals surface area contributed by atoms with Gasteiger partial charge in [0.2, 0.25) is 10.0 Å². The van der Waals surface area contributed by atoms with Crippen LogP contribution in [0.2, 0.25) is 0 Å². The van der Waals surface area contributed by atoms with Crippen molar-refractivity contribution in [2.75, 3.05) is 7.11 Å². The first-order chi connectivity index (χ1) is 9.97. The van der Waals surface area contributed by atoms with E-state index in [0.717, 1.165) is 5.56 Å².